The highest BCUT2D eigenvalue weighted by Crippen LogP contribution is 2.27. The van der Waals surface area contributed by atoms with E-state index in [4.69, 9.17) is 19.6 Å². The normalized spacial score (nSPS) is 10.7. The summed E-state index contributed by atoms with van der Waals surface area (Å²) in [5, 5.41) is 0. The lowest BCUT2D eigenvalue weighted by atomic mass is 12.0. The van der Waals surface area contributed by atoms with E-state index in [1.54, 1.807) is 0 Å². The van der Waals surface area contributed by atoms with Gasteiger partial charge in [0.15, 0.2) is 17.4 Å². The summed E-state index contributed by atoms with van der Waals surface area (Å²) < 4.78 is 18.7. The molecule has 11 heavy (non-hydrogen) atoms. The maximum Gasteiger partial charge on any atom is 0.322 e. The van der Waals surface area contributed by atoms with Crippen molar-refractivity contribution in [2.24, 2.45) is 0 Å². The first kappa shape index (κ1) is 17.8. The lowest BCUT2D eigenvalue weighted by molar-refractivity contribution is 0.379. The van der Waals surface area contributed by atoms with E-state index in [0.29, 0.717) is 0 Å². The molecule has 70 valence electrons. The van der Waals surface area contributed by atoms with Crippen LogP contribution in [0.5, 0.6) is 0 Å². The van der Waals surface area contributed by atoms with Crippen LogP contribution in [0.1, 0.15) is 0 Å². The Morgan fingerprint density at radius 1 is 0.818 bits per heavy atom. The van der Waals surface area contributed by atoms with Gasteiger partial charge in [-0.15, -0.1) is 0 Å². The van der Waals surface area contributed by atoms with Crippen molar-refractivity contribution in [2.75, 3.05) is 13.3 Å². The SMILES string of the molecule is CP(=O)(O)O.CP(=O)(O)O.[AlH3]. The van der Waals surface area contributed by atoms with Crippen LogP contribution in [-0.2, 0) is 9.13 Å². The third-order valence-corrected chi connectivity index (χ3v) is 0. The fourth-order valence-corrected chi connectivity index (χ4v) is 0. The van der Waals surface area contributed by atoms with Crippen molar-refractivity contribution in [3.05, 3.63) is 0 Å². The smallest absolute Gasteiger partial charge is 0.322 e. The van der Waals surface area contributed by atoms with E-state index < -0.39 is 15.2 Å². The van der Waals surface area contributed by atoms with Crippen molar-refractivity contribution in [1.82, 2.24) is 0 Å². The molecular formula is C2H13AlO6P2. The van der Waals surface area contributed by atoms with E-state index >= 15 is 0 Å². The lowest BCUT2D eigenvalue weighted by Crippen LogP contribution is -1.64. The Morgan fingerprint density at radius 2 is 0.818 bits per heavy atom. The zero-order valence-corrected chi connectivity index (χ0v) is 7.29. The summed E-state index contributed by atoms with van der Waals surface area (Å²) in [6.45, 7) is 1.71. The van der Waals surface area contributed by atoms with Crippen LogP contribution in [0.25, 0.3) is 0 Å². The lowest BCUT2D eigenvalue weighted by Gasteiger charge is -1.84. The standard InChI is InChI=1S/2CH5O3P.Al.3H/c2*1-5(2,3)4;;;;/h2*1H3,(H2,2,3,4);;;;. The first-order chi connectivity index (χ1) is 4.00. The van der Waals surface area contributed by atoms with Crippen molar-refractivity contribution >= 4 is 32.6 Å². The van der Waals surface area contributed by atoms with Gasteiger partial charge >= 0.3 is 15.2 Å². The molecule has 0 spiro atoms. The van der Waals surface area contributed by atoms with Gasteiger partial charge in [0.05, 0.1) is 0 Å². The average Bonchev–Trinajstić information content (AvgIpc) is 1.12. The minimum absolute atomic E-state index is 0. The maximum absolute atomic E-state index is 9.33. The maximum atomic E-state index is 9.33. The topological polar surface area (TPSA) is 115 Å². The first-order valence-electron chi connectivity index (χ1n) is 2.06. The summed E-state index contributed by atoms with van der Waals surface area (Å²) in [7, 11) is -7.28. The highest BCUT2D eigenvalue weighted by atomic mass is 31.2. The second kappa shape index (κ2) is 6.36. The zero-order chi connectivity index (χ0) is 9.00. The Labute approximate surface area is 75.1 Å². The van der Waals surface area contributed by atoms with Gasteiger partial charge in [-0.25, -0.2) is 0 Å². The Hall–Kier alpha value is 0.832. The summed E-state index contributed by atoms with van der Waals surface area (Å²) in [6, 6.07) is 0. The molecule has 0 aromatic heterocycles. The molecule has 0 aromatic rings. The van der Waals surface area contributed by atoms with Gasteiger partial charge in [-0.05, 0) is 0 Å². The quantitative estimate of drug-likeness (QED) is 0.290. The summed E-state index contributed by atoms with van der Waals surface area (Å²) in [4.78, 5) is 30.5. The Bertz CT molecular complexity index is 131. The van der Waals surface area contributed by atoms with Crippen LogP contribution >= 0.6 is 15.2 Å². The van der Waals surface area contributed by atoms with E-state index in [0.717, 1.165) is 13.3 Å². The van der Waals surface area contributed by atoms with Gasteiger partial charge in [0.1, 0.15) is 0 Å². The molecule has 0 unspecified atom stereocenters. The highest BCUT2D eigenvalue weighted by molar-refractivity contribution is 7.51. The van der Waals surface area contributed by atoms with Crippen molar-refractivity contribution in [1.29, 1.82) is 0 Å². The average molecular weight is 222 g/mol. The minimum atomic E-state index is -3.64. The van der Waals surface area contributed by atoms with Gasteiger partial charge < -0.3 is 19.6 Å². The van der Waals surface area contributed by atoms with E-state index in [1.807, 2.05) is 0 Å². The van der Waals surface area contributed by atoms with Gasteiger partial charge in [-0.1, -0.05) is 0 Å². The molecule has 4 N–H and O–H groups in total. The van der Waals surface area contributed by atoms with Gasteiger partial charge in [0, 0.05) is 13.3 Å². The van der Waals surface area contributed by atoms with Crippen molar-refractivity contribution < 1.29 is 28.7 Å². The van der Waals surface area contributed by atoms with E-state index in [9.17, 15) is 9.13 Å². The Balaban J connectivity index is -0.000000107. The third kappa shape index (κ3) is 1220. The minimum Gasteiger partial charge on any atom is -0.325 e. The van der Waals surface area contributed by atoms with Crippen LogP contribution in [0.15, 0.2) is 0 Å². The second-order valence-electron chi connectivity index (χ2n) is 1.67. The predicted molar refractivity (Wildman–Crippen MR) is 45.9 cm³/mol. The Morgan fingerprint density at radius 3 is 0.818 bits per heavy atom. The molecule has 0 fully saturated rings. The predicted octanol–water partition coefficient (Wildman–Crippen LogP) is -1.60. The van der Waals surface area contributed by atoms with Gasteiger partial charge in [-0.2, -0.15) is 0 Å². The van der Waals surface area contributed by atoms with Crippen molar-refractivity contribution in [3.63, 3.8) is 0 Å². The third-order valence-electron chi connectivity index (χ3n) is 0. The number of rotatable bonds is 0. The van der Waals surface area contributed by atoms with Crippen LogP contribution in [0, 0.1) is 0 Å². The summed E-state index contributed by atoms with van der Waals surface area (Å²) in [5.41, 5.74) is 0. The van der Waals surface area contributed by atoms with Crippen LogP contribution in [0.4, 0.5) is 0 Å². The molecule has 0 aliphatic rings. The van der Waals surface area contributed by atoms with Gasteiger partial charge in [0.25, 0.3) is 0 Å². The highest BCUT2D eigenvalue weighted by Gasteiger charge is 1.96. The summed E-state index contributed by atoms with van der Waals surface area (Å²) >= 11 is 0. The molecule has 0 aliphatic heterocycles. The van der Waals surface area contributed by atoms with Crippen LogP contribution < -0.4 is 0 Å². The summed E-state index contributed by atoms with van der Waals surface area (Å²) in [5.74, 6) is 0. The molecule has 9 heteroatoms. The summed E-state index contributed by atoms with van der Waals surface area (Å²) in [6.07, 6.45) is 0. The van der Waals surface area contributed by atoms with Gasteiger partial charge in [0.2, 0.25) is 0 Å². The number of hydrogen-bond acceptors (Lipinski definition) is 2. The largest absolute Gasteiger partial charge is 0.325 e. The molecule has 0 saturated heterocycles. The van der Waals surface area contributed by atoms with Crippen LogP contribution in [0.3, 0.4) is 0 Å². The number of hydrogen-bond donors (Lipinski definition) is 4. The molecule has 0 amide bonds. The molecule has 0 saturated carbocycles. The fraction of sp³-hybridized carbons (Fsp3) is 1.00. The molecule has 0 bridgehead atoms. The van der Waals surface area contributed by atoms with Gasteiger partial charge in [-0.3, -0.25) is 9.13 Å². The van der Waals surface area contributed by atoms with E-state index in [2.05, 4.69) is 0 Å². The monoisotopic (exact) mass is 222 g/mol. The molecule has 0 aromatic carbocycles. The van der Waals surface area contributed by atoms with Crippen LogP contribution in [-0.4, -0.2) is 50.3 Å². The molecule has 0 radical (unpaired) electrons. The Kier molecular flexibility index (Phi) is 10.3. The second-order valence-corrected chi connectivity index (χ2v) is 5.01. The van der Waals surface area contributed by atoms with E-state index in [-0.39, 0.29) is 17.4 Å². The molecule has 0 heterocycles. The molecular weight excluding hydrogens is 209 g/mol. The fourth-order valence-electron chi connectivity index (χ4n) is 0. The molecule has 0 aliphatic carbocycles. The first-order valence-corrected chi connectivity index (χ1v) is 6.18. The molecule has 6 nitrogen and oxygen atoms in total. The van der Waals surface area contributed by atoms with Crippen molar-refractivity contribution in [3.8, 4) is 0 Å². The van der Waals surface area contributed by atoms with Crippen molar-refractivity contribution in [2.45, 2.75) is 0 Å². The van der Waals surface area contributed by atoms with E-state index in [1.165, 1.54) is 0 Å². The molecule has 0 atom stereocenters. The van der Waals surface area contributed by atoms with Crippen LogP contribution in [0.2, 0.25) is 0 Å². The molecule has 0 rings (SSSR count). The zero-order valence-electron chi connectivity index (χ0n) is 5.50.